The van der Waals surface area contributed by atoms with E-state index in [4.69, 9.17) is 0 Å². The maximum Gasteiger partial charge on any atom is 0.253 e. The molecule has 1 aromatic carbocycles. The van der Waals surface area contributed by atoms with E-state index in [1.54, 1.807) is 0 Å². The molecule has 0 saturated carbocycles. The van der Waals surface area contributed by atoms with Crippen molar-refractivity contribution in [3.8, 4) is 0 Å². The number of aryl methyl sites for hydroxylation is 1. The van der Waals surface area contributed by atoms with Crippen LogP contribution in [-0.2, 0) is 4.79 Å². The van der Waals surface area contributed by atoms with Crippen molar-refractivity contribution in [1.29, 1.82) is 0 Å². The van der Waals surface area contributed by atoms with Gasteiger partial charge in [0.05, 0.1) is 0 Å². The van der Waals surface area contributed by atoms with E-state index in [1.807, 2.05) is 36.1 Å². The smallest absolute Gasteiger partial charge is 0.253 e. The zero-order chi connectivity index (χ0) is 19.6. The normalized spacial score (nSPS) is 15.2. The highest BCUT2D eigenvalue weighted by molar-refractivity contribution is 5.94. The topological polar surface area (TPSA) is 52.7 Å². The first-order valence-corrected chi connectivity index (χ1v) is 10.4. The van der Waals surface area contributed by atoms with Crippen LogP contribution >= 0.6 is 0 Å². The maximum atomic E-state index is 12.6. The van der Waals surface area contributed by atoms with Crippen LogP contribution in [0.4, 0.5) is 0 Å². The van der Waals surface area contributed by atoms with E-state index < -0.39 is 0 Å². The largest absolute Gasteiger partial charge is 0.356 e. The number of hydrogen-bond donors (Lipinski definition) is 1. The van der Waals surface area contributed by atoms with Crippen LogP contribution in [0.5, 0.6) is 0 Å². The first-order valence-electron chi connectivity index (χ1n) is 10.4. The summed E-state index contributed by atoms with van der Waals surface area (Å²) in [4.78, 5) is 29.0. The first-order chi connectivity index (χ1) is 13.0. The fourth-order valence-electron chi connectivity index (χ4n) is 3.62. The summed E-state index contributed by atoms with van der Waals surface area (Å²) >= 11 is 0. The molecule has 5 heteroatoms. The number of likely N-dealkylation sites (tertiary alicyclic amines) is 1. The molecule has 1 saturated heterocycles. The van der Waals surface area contributed by atoms with Gasteiger partial charge in [0.25, 0.3) is 5.91 Å². The van der Waals surface area contributed by atoms with Crippen molar-refractivity contribution in [2.75, 3.05) is 39.3 Å². The van der Waals surface area contributed by atoms with Crippen molar-refractivity contribution < 1.29 is 9.59 Å². The molecule has 1 aliphatic heterocycles. The van der Waals surface area contributed by atoms with Gasteiger partial charge in [-0.05, 0) is 63.9 Å². The Labute approximate surface area is 164 Å². The first kappa shape index (κ1) is 21.4. The van der Waals surface area contributed by atoms with Gasteiger partial charge in [-0.15, -0.1) is 0 Å². The molecule has 1 N–H and O–H groups in total. The highest BCUT2D eigenvalue weighted by Crippen LogP contribution is 2.22. The third-order valence-corrected chi connectivity index (χ3v) is 5.54. The third kappa shape index (κ3) is 6.98. The fourth-order valence-corrected chi connectivity index (χ4v) is 3.62. The van der Waals surface area contributed by atoms with Crippen LogP contribution in [0.15, 0.2) is 24.3 Å². The molecule has 0 aromatic heterocycles. The van der Waals surface area contributed by atoms with Gasteiger partial charge in [-0.1, -0.05) is 31.5 Å². The molecule has 0 bridgehead atoms. The molecule has 1 aromatic rings. The van der Waals surface area contributed by atoms with E-state index in [9.17, 15) is 9.59 Å². The summed E-state index contributed by atoms with van der Waals surface area (Å²) in [6.07, 6.45) is 3.39. The summed E-state index contributed by atoms with van der Waals surface area (Å²) in [5, 5.41) is 3.05. The number of rotatable bonds is 9. The van der Waals surface area contributed by atoms with Crippen molar-refractivity contribution in [3.63, 3.8) is 0 Å². The third-order valence-electron chi connectivity index (χ3n) is 5.54. The minimum atomic E-state index is 0.106. The summed E-state index contributed by atoms with van der Waals surface area (Å²) in [5.74, 6) is 0.641. The summed E-state index contributed by atoms with van der Waals surface area (Å²) in [6.45, 7) is 11.7. The van der Waals surface area contributed by atoms with Crippen LogP contribution < -0.4 is 5.32 Å². The van der Waals surface area contributed by atoms with Crippen LogP contribution in [0, 0.1) is 12.8 Å². The standard InChI is InChI=1S/C22H35N3O2/c1-4-24(5-2)14-6-13-23-21(26)17-19-11-15-25(16-12-19)22(27)20-9-7-18(3)8-10-20/h7-10,19H,4-6,11-17H2,1-3H3,(H,23,26). The predicted octanol–water partition coefficient (Wildman–Crippen LogP) is 3.09. The van der Waals surface area contributed by atoms with Crippen molar-refractivity contribution >= 4 is 11.8 Å². The zero-order valence-corrected chi connectivity index (χ0v) is 17.2. The molecule has 0 radical (unpaired) electrons. The number of piperidine rings is 1. The highest BCUT2D eigenvalue weighted by atomic mass is 16.2. The van der Waals surface area contributed by atoms with E-state index in [-0.39, 0.29) is 11.8 Å². The summed E-state index contributed by atoms with van der Waals surface area (Å²) in [6, 6.07) is 7.75. The second-order valence-electron chi connectivity index (χ2n) is 7.54. The lowest BCUT2D eigenvalue weighted by atomic mass is 9.93. The van der Waals surface area contributed by atoms with Crippen LogP contribution in [0.1, 0.15) is 55.5 Å². The Balaban J connectivity index is 1.66. The van der Waals surface area contributed by atoms with Crippen molar-refractivity contribution in [2.45, 2.75) is 46.5 Å². The van der Waals surface area contributed by atoms with E-state index in [0.29, 0.717) is 12.3 Å². The van der Waals surface area contributed by atoms with E-state index >= 15 is 0 Å². The van der Waals surface area contributed by atoms with Gasteiger partial charge in [-0.25, -0.2) is 0 Å². The van der Waals surface area contributed by atoms with Gasteiger partial charge in [-0.3, -0.25) is 9.59 Å². The van der Waals surface area contributed by atoms with Crippen LogP contribution in [0.25, 0.3) is 0 Å². The van der Waals surface area contributed by atoms with E-state index in [2.05, 4.69) is 24.1 Å². The average Bonchev–Trinajstić information content (AvgIpc) is 2.69. The van der Waals surface area contributed by atoms with Crippen molar-refractivity contribution in [1.82, 2.24) is 15.1 Å². The van der Waals surface area contributed by atoms with Crippen molar-refractivity contribution in [2.24, 2.45) is 5.92 Å². The fraction of sp³-hybridized carbons (Fsp3) is 0.636. The molecule has 0 unspecified atom stereocenters. The summed E-state index contributed by atoms with van der Waals surface area (Å²) in [7, 11) is 0. The second-order valence-corrected chi connectivity index (χ2v) is 7.54. The van der Waals surface area contributed by atoms with Crippen LogP contribution in [-0.4, -0.2) is 60.9 Å². The molecule has 150 valence electrons. The SMILES string of the molecule is CCN(CC)CCCNC(=O)CC1CCN(C(=O)c2ccc(C)cc2)CC1. The van der Waals surface area contributed by atoms with Gasteiger partial charge in [0.1, 0.15) is 0 Å². The van der Waals surface area contributed by atoms with Gasteiger partial charge in [0.2, 0.25) is 5.91 Å². The van der Waals surface area contributed by atoms with Gasteiger partial charge in [-0.2, -0.15) is 0 Å². The molecule has 1 heterocycles. The molecule has 0 spiro atoms. The monoisotopic (exact) mass is 373 g/mol. The number of carbonyl (C=O) groups is 2. The molecular weight excluding hydrogens is 338 g/mol. The highest BCUT2D eigenvalue weighted by Gasteiger charge is 2.25. The Kier molecular flexibility index (Phi) is 8.79. The van der Waals surface area contributed by atoms with E-state index in [1.165, 1.54) is 0 Å². The van der Waals surface area contributed by atoms with Gasteiger partial charge >= 0.3 is 0 Å². The lowest BCUT2D eigenvalue weighted by Crippen LogP contribution is -2.39. The molecule has 0 atom stereocenters. The van der Waals surface area contributed by atoms with E-state index in [0.717, 1.165) is 69.7 Å². The minimum absolute atomic E-state index is 0.106. The maximum absolute atomic E-state index is 12.6. The second kappa shape index (κ2) is 11.1. The number of nitrogens with one attached hydrogen (secondary N) is 1. The Morgan fingerprint density at radius 2 is 1.74 bits per heavy atom. The van der Waals surface area contributed by atoms with Gasteiger partial charge in [0.15, 0.2) is 0 Å². The Morgan fingerprint density at radius 1 is 1.11 bits per heavy atom. The number of carbonyl (C=O) groups excluding carboxylic acids is 2. The molecule has 27 heavy (non-hydrogen) atoms. The molecular formula is C22H35N3O2. The lowest BCUT2D eigenvalue weighted by molar-refractivity contribution is -0.122. The number of amides is 2. The molecule has 2 amide bonds. The average molecular weight is 374 g/mol. The Morgan fingerprint density at radius 3 is 2.33 bits per heavy atom. The van der Waals surface area contributed by atoms with Gasteiger partial charge < -0.3 is 15.1 Å². The van der Waals surface area contributed by atoms with Crippen molar-refractivity contribution in [3.05, 3.63) is 35.4 Å². The number of benzene rings is 1. The lowest BCUT2D eigenvalue weighted by Gasteiger charge is -2.32. The predicted molar refractivity (Wildman–Crippen MR) is 110 cm³/mol. The molecule has 2 rings (SSSR count). The Hall–Kier alpha value is -1.88. The molecule has 1 aliphatic rings. The zero-order valence-electron chi connectivity index (χ0n) is 17.2. The number of hydrogen-bond acceptors (Lipinski definition) is 3. The van der Waals surface area contributed by atoms with Gasteiger partial charge in [0, 0.05) is 31.6 Å². The molecule has 5 nitrogen and oxygen atoms in total. The Bertz CT molecular complexity index is 588. The van der Waals surface area contributed by atoms with Crippen LogP contribution in [0.3, 0.4) is 0 Å². The molecule has 1 fully saturated rings. The molecule has 0 aliphatic carbocycles. The quantitative estimate of drug-likeness (QED) is 0.677. The van der Waals surface area contributed by atoms with Crippen LogP contribution in [0.2, 0.25) is 0 Å². The number of nitrogens with zero attached hydrogens (tertiary/aromatic N) is 2. The summed E-state index contributed by atoms with van der Waals surface area (Å²) in [5.41, 5.74) is 1.92. The minimum Gasteiger partial charge on any atom is -0.356 e. The summed E-state index contributed by atoms with van der Waals surface area (Å²) < 4.78 is 0.